The van der Waals surface area contributed by atoms with Crippen molar-refractivity contribution in [1.82, 2.24) is 5.32 Å². The van der Waals surface area contributed by atoms with Gasteiger partial charge in [0.1, 0.15) is 5.92 Å². The molecule has 7 heteroatoms. The molecule has 4 N–H and O–H groups in total. The van der Waals surface area contributed by atoms with E-state index in [1.165, 1.54) is 0 Å². The average Bonchev–Trinajstić information content (AvgIpc) is 2.15. The van der Waals surface area contributed by atoms with Crippen LogP contribution < -0.4 is 11.1 Å². The van der Waals surface area contributed by atoms with Gasteiger partial charge in [-0.05, 0) is 6.92 Å². The van der Waals surface area contributed by atoms with Crippen LogP contribution in [-0.2, 0) is 0 Å². The molecule has 0 saturated carbocycles. The Morgan fingerprint density at radius 3 is 2.60 bits per heavy atom. The van der Waals surface area contributed by atoms with Gasteiger partial charge in [-0.15, -0.1) is 5.92 Å². The first kappa shape index (κ1) is 13.6. The van der Waals surface area contributed by atoms with Gasteiger partial charge in [0.05, 0.1) is 6.54 Å². The molecule has 0 aliphatic rings. The van der Waals surface area contributed by atoms with E-state index in [4.69, 9.17) is 10.9 Å². The van der Waals surface area contributed by atoms with Gasteiger partial charge in [-0.3, -0.25) is 0 Å². The predicted molar refractivity (Wildman–Crippen MR) is 49.3 cm³/mol. The van der Waals surface area contributed by atoms with E-state index in [-0.39, 0.29) is 6.54 Å². The maximum absolute atomic E-state index is 12.3. The largest absolute Gasteiger partial charge is 0.409 e. The molecule has 4 nitrogen and oxygen atoms in total. The number of oxime groups is 1. The van der Waals surface area contributed by atoms with Gasteiger partial charge < -0.3 is 16.3 Å². The van der Waals surface area contributed by atoms with Crippen molar-refractivity contribution in [3.8, 4) is 11.8 Å². The van der Waals surface area contributed by atoms with Crippen LogP contribution in [0.15, 0.2) is 5.16 Å². The Morgan fingerprint density at radius 1 is 1.60 bits per heavy atom. The number of alkyl halides is 3. The maximum Gasteiger partial charge on any atom is 0.400 e. The first-order valence-corrected chi connectivity index (χ1v) is 4.08. The monoisotopic (exact) mass is 223 g/mol. The van der Waals surface area contributed by atoms with Crippen LogP contribution in [0.5, 0.6) is 0 Å². The number of rotatable bonds is 4. The van der Waals surface area contributed by atoms with Gasteiger partial charge >= 0.3 is 6.18 Å². The minimum Gasteiger partial charge on any atom is -0.409 e. The summed E-state index contributed by atoms with van der Waals surface area (Å²) < 4.78 is 37.0. The molecule has 0 saturated heterocycles. The van der Waals surface area contributed by atoms with Gasteiger partial charge in [-0.1, -0.05) is 11.1 Å². The summed E-state index contributed by atoms with van der Waals surface area (Å²) in [6.45, 7) is 1.24. The second-order valence-electron chi connectivity index (χ2n) is 2.68. The summed E-state index contributed by atoms with van der Waals surface area (Å²) in [6, 6.07) is 0. The Labute approximate surface area is 85.3 Å². The normalized spacial score (nSPS) is 14.3. The molecule has 0 aliphatic heterocycles. The smallest absolute Gasteiger partial charge is 0.400 e. The summed E-state index contributed by atoms with van der Waals surface area (Å²) in [5.74, 6) is 2.20. The van der Waals surface area contributed by atoms with E-state index in [0.717, 1.165) is 0 Å². The molecule has 0 amide bonds. The van der Waals surface area contributed by atoms with Crippen LogP contribution in [0.3, 0.4) is 0 Å². The highest BCUT2D eigenvalue weighted by Crippen LogP contribution is 2.25. The fraction of sp³-hybridized carbons (Fsp3) is 0.625. The summed E-state index contributed by atoms with van der Waals surface area (Å²) in [4.78, 5) is 0. The third kappa shape index (κ3) is 5.12. The van der Waals surface area contributed by atoms with Crippen LogP contribution >= 0.6 is 0 Å². The van der Waals surface area contributed by atoms with Gasteiger partial charge in [-0.25, -0.2) is 0 Å². The van der Waals surface area contributed by atoms with E-state index in [2.05, 4.69) is 22.3 Å². The zero-order chi connectivity index (χ0) is 11.9. The number of nitrogens with zero attached hydrogens (tertiary/aromatic N) is 1. The number of nitrogens with one attached hydrogen (secondary N) is 1. The lowest BCUT2D eigenvalue weighted by Crippen LogP contribution is -2.42. The Morgan fingerprint density at radius 2 is 2.20 bits per heavy atom. The standard InChI is InChI=1S/C8H12F3N3O/c1-2-3-4-13-5-6(7(12)14-15)8(9,10)11/h6,13,15H,4-5H2,1H3,(H2,12,14). The Bertz CT molecular complexity index is 277. The van der Waals surface area contributed by atoms with Crippen molar-refractivity contribution in [3.05, 3.63) is 0 Å². The van der Waals surface area contributed by atoms with Crippen molar-refractivity contribution in [2.24, 2.45) is 16.8 Å². The lowest BCUT2D eigenvalue weighted by atomic mass is 10.1. The predicted octanol–water partition coefficient (Wildman–Crippen LogP) is 0.524. The molecule has 0 rings (SSSR count). The minimum absolute atomic E-state index is 0.127. The highest BCUT2D eigenvalue weighted by molar-refractivity contribution is 5.83. The van der Waals surface area contributed by atoms with Gasteiger partial charge in [0.2, 0.25) is 0 Å². The fourth-order valence-electron chi connectivity index (χ4n) is 0.825. The van der Waals surface area contributed by atoms with Crippen molar-refractivity contribution in [1.29, 1.82) is 0 Å². The van der Waals surface area contributed by atoms with Crippen molar-refractivity contribution < 1.29 is 18.4 Å². The fourth-order valence-corrected chi connectivity index (χ4v) is 0.825. The van der Waals surface area contributed by atoms with Gasteiger partial charge in [0.25, 0.3) is 0 Å². The minimum atomic E-state index is -4.54. The molecule has 0 radical (unpaired) electrons. The molecule has 0 bridgehead atoms. The molecule has 0 fully saturated rings. The summed E-state index contributed by atoms with van der Waals surface area (Å²) >= 11 is 0. The quantitative estimate of drug-likeness (QED) is 0.162. The first-order chi connectivity index (χ1) is 6.93. The maximum atomic E-state index is 12.3. The average molecular weight is 223 g/mol. The van der Waals surface area contributed by atoms with E-state index in [1.807, 2.05) is 0 Å². The molecule has 86 valence electrons. The lowest BCUT2D eigenvalue weighted by Gasteiger charge is -2.18. The zero-order valence-corrected chi connectivity index (χ0v) is 8.10. The molecular weight excluding hydrogens is 211 g/mol. The third-order valence-electron chi connectivity index (χ3n) is 1.61. The van der Waals surface area contributed by atoms with Crippen LogP contribution in [0.1, 0.15) is 6.92 Å². The van der Waals surface area contributed by atoms with Crippen molar-refractivity contribution in [3.63, 3.8) is 0 Å². The van der Waals surface area contributed by atoms with Gasteiger partial charge in [0.15, 0.2) is 5.84 Å². The number of amidine groups is 1. The summed E-state index contributed by atoms with van der Waals surface area (Å²) in [5.41, 5.74) is 4.92. The van der Waals surface area contributed by atoms with Crippen LogP contribution in [0.2, 0.25) is 0 Å². The number of hydrogen-bond acceptors (Lipinski definition) is 3. The molecule has 0 heterocycles. The summed E-state index contributed by atoms with van der Waals surface area (Å²) in [6.07, 6.45) is -4.54. The molecule has 0 aliphatic carbocycles. The van der Waals surface area contributed by atoms with E-state index in [0.29, 0.717) is 0 Å². The second-order valence-corrected chi connectivity index (χ2v) is 2.68. The number of nitrogens with two attached hydrogens (primary N) is 1. The van der Waals surface area contributed by atoms with E-state index >= 15 is 0 Å². The summed E-state index contributed by atoms with van der Waals surface area (Å²) in [5, 5.41) is 13.0. The number of halogens is 3. The highest BCUT2D eigenvalue weighted by Gasteiger charge is 2.42. The van der Waals surface area contributed by atoms with E-state index in [1.54, 1.807) is 6.92 Å². The van der Waals surface area contributed by atoms with Gasteiger partial charge in [0, 0.05) is 6.54 Å². The van der Waals surface area contributed by atoms with Crippen molar-refractivity contribution in [2.45, 2.75) is 13.1 Å². The van der Waals surface area contributed by atoms with Gasteiger partial charge in [-0.2, -0.15) is 13.2 Å². The molecule has 0 aromatic heterocycles. The topological polar surface area (TPSA) is 70.6 Å². The Hall–Kier alpha value is -1.42. The van der Waals surface area contributed by atoms with Crippen LogP contribution in [-0.4, -0.2) is 30.3 Å². The second kappa shape index (κ2) is 6.14. The third-order valence-corrected chi connectivity index (χ3v) is 1.61. The van der Waals surface area contributed by atoms with Crippen molar-refractivity contribution in [2.75, 3.05) is 13.1 Å². The lowest BCUT2D eigenvalue weighted by molar-refractivity contribution is -0.154. The molecule has 0 aromatic carbocycles. The first-order valence-electron chi connectivity index (χ1n) is 4.08. The highest BCUT2D eigenvalue weighted by atomic mass is 19.4. The van der Waals surface area contributed by atoms with E-state index < -0.39 is 24.5 Å². The van der Waals surface area contributed by atoms with E-state index in [9.17, 15) is 13.2 Å². The SMILES string of the molecule is CC#CCNCC(C(N)=NO)C(F)(F)F. The molecule has 1 atom stereocenters. The Kier molecular flexibility index (Phi) is 5.56. The summed E-state index contributed by atoms with van der Waals surface area (Å²) in [7, 11) is 0. The molecular formula is C8H12F3N3O. The Balaban J connectivity index is 4.32. The molecule has 15 heavy (non-hydrogen) atoms. The molecule has 0 aromatic rings. The van der Waals surface area contributed by atoms with Crippen molar-refractivity contribution >= 4 is 5.84 Å². The zero-order valence-electron chi connectivity index (χ0n) is 8.10. The van der Waals surface area contributed by atoms with Crippen LogP contribution in [0.25, 0.3) is 0 Å². The molecule has 1 unspecified atom stereocenters. The molecule has 0 spiro atoms. The van der Waals surface area contributed by atoms with Crippen LogP contribution in [0.4, 0.5) is 13.2 Å². The number of hydrogen-bond donors (Lipinski definition) is 3. The van der Waals surface area contributed by atoms with Crippen LogP contribution in [0, 0.1) is 17.8 Å².